The lowest BCUT2D eigenvalue weighted by molar-refractivity contribution is -0.139. The lowest BCUT2D eigenvalue weighted by Gasteiger charge is -2.32. The topological polar surface area (TPSA) is 86.8 Å². The zero-order valence-electron chi connectivity index (χ0n) is 21.7. The van der Waals surface area contributed by atoms with Crippen molar-refractivity contribution in [3.05, 3.63) is 94.0 Å². The van der Waals surface area contributed by atoms with Crippen LogP contribution >= 0.6 is 23.2 Å². The summed E-state index contributed by atoms with van der Waals surface area (Å²) in [7, 11) is -4.19. The lowest BCUT2D eigenvalue weighted by atomic mass is 10.1. The molecule has 0 aromatic heterocycles. The second-order valence-electron chi connectivity index (χ2n) is 9.30. The zero-order chi connectivity index (χ0) is 28.0. The van der Waals surface area contributed by atoms with E-state index in [9.17, 15) is 18.0 Å². The smallest absolute Gasteiger partial charge is 0.264 e. The molecule has 202 valence electrons. The Morgan fingerprint density at radius 3 is 2.03 bits per heavy atom. The molecule has 1 atom stereocenters. The van der Waals surface area contributed by atoms with Gasteiger partial charge in [-0.1, -0.05) is 71.2 Å². The number of sulfonamides is 1. The first-order chi connectivity index (χ1) is 17.9. The Hall–Kier alpha value is -3.07. The van der Waals surface area contributed by atoms with Crippen LogP contribution in [0.2, 0.25) is 10.0 Å². The van der Waals surface area contributed by atoms with Crippen molar-refractivity contribution in [2.24, 2.45) is 0 Å². The summed E-state index contributed by atoms with van der Waals surface area (Å²) in [5.74, 6) is -0.906. The molecule has 7 nitrogen and oxygen atoms in total. The Balaban J connectivity index is 2.05. The first-order valence-corrected chi connectivity index (χ1v) is 14.3. The normalized spacial score (nSPS) is 12.2. The van der Waals surface area contributed by atoms with Crippen molar-refractivity contribution >= 4 is 50.7 Å². The Bertz CT molecular complexity index is 1360. The van der Waals surface area contributed by atoms with Crippen LogP contribution in [-0.4, -0.2) is 43.8 Å². The molecule has 0 spiro atoms. The number of hydrogen-bond acceptors (Lipinski definition) is 4. The van der Waals surface area contributed by atoms with Crippen LogP contribution in [0.15, 0.2) is 77.7 Å². The van der Waals surface area contributed by atoms with Crippen LogP contribution in [0.25, 0.3) is 0 Å². The van der Waals surface area contributed by atoms with Gasteiger partial charge in [0, 0.05) is 22.6 Å². The van der Waals surface area contributed by atoms with E-state index in [0.29, 0.717) is 0 Å². The molecule has 0 radical (unpaired) electrons. The first kappa shape index (κ1) is 29.5. The quantitative estimate of drug-likeness (QED) is 0.348. The van der Waals surface area contributed by atoms with Gasteiger partial charge in [0.2, 0.25) is 11.8 Å². The molecule has 38 heavy (non-hydrogen) atoms. The molecule has 2 amide bonds. The summed E-state index contributed by atoms with van der Waals surface area (Å²) in [6, 6.07) is 18.7. The van der Waals surface area contributed by atoms with Gasteiger partial charge in [-0.3, -0.25) is 13.9 Å². The van der Waals surface area contributed by atoms with E-state index in [4.69, 9.17) is 23.2 Å². The minimum absolute atomic E-state index is 0.000387. The SMILES string of the molecule is Cc1ccc(CN(C(=O)CN(c2cc(Cl)cc(Cl)c2)S(=O)(=O)c2ccccc2)[C@H](C)C(=O)NC(C)C)cc1. The molecular formula is C28H31Cl2N3O4S. The van der Waals surface area contributed by atoms with E-state index in [1.807, 2.05) is 45.0 Å². The number of anilines is 1. The van der Waals surface area contributed by atoms with Crippen molar-refractivity contribution in [2.45, 2.75) is 51.2 Å². The molecule has 3 aromatic rings. The Morgan fingerprint density at radius 2 is 1.47 bits per heavy atom. The zero-order valence-corrected chi connectivity index (χ0v) is 24.0. The number of nitrogens with zero attached hydrogens (tertiary/aromatic N) is 2. The molecule has 0 bridgehead atoms. The van der Waals surface area contributed by atoms with Gasteiger partial charge < -0.3 is 10.2 Å². The second kappa shape index (κ2) is 12.7. The van der Waals surface area contributed by atoms with E-state index < -0.39 is 28.5 Å². The van der Waals surface area contributed by atoms with Crippen LogP contribution in [0.1, 0.15) is 31.9 Å². The molecule has 3 rings (SSSR count). The number of rotatable bonds is 10. The van der Waals surface area contributed by atoms with E-state index in [2.05, 4.69) is 5.32 Å². The molecular weight excluding hydrogens is 545 g/mol. The van der Waals surface area contributed by atoms with Gasteiger partial charge in [0.15, 0.2) is 0 Å². The number of carbonyl (C=O) groups excluding carboxylic acids is 2. The molecule has 0 aliphatic carbocycles. The maximum Gasteiger partial charge on any atom is 0.264 e. The fourth-order valence-corrected chi connectivity index (χ4v) is 5.74. The number of hydrogen-bond donors (Lipinski definition) is 1. The van der Waals surface area contributed by atoms with Gasteiger partial charge in [0.1, 0.15) is 12.6 Å². The highest BCUT2D eigenvalue weighted by Gasteiger charge is 2.33. The highest BCUT2D eigenvalue weighted by molar-refractivity contribution is 7.92. The van der Waals surface area contributed by atoms with Crippen LogP contribution in [0, 0.1) is 6.92 Å². The fraction of sp³-hybridized carbons (Fsp3) is 0.286. The lowest BCUT2D eigenvalue weighted by Crippen LogP contribution is -2.52. The molecule has 1 N–H and O–H groups in total. The fourth-order valence-electron chi connectivity index (χ4n) is 3.81. The second-order valence-corrected chi connectivity index (χ2v) is 12.0. The van der Waals surface area contributed by atoms with Crippen LogP contribution < -0.4 is 9.62 Å². The Labute approximate surface area is 234 Å². The number of halogens is 2. The average Bonchev–Trinajstić information content (AvgIpc) is 2.85. The molecule has 0 aliphatic heterocycles. The third kappa shape index (κ3) is 7.49. The number of carbonyl (C=O) groups is 2. The number of benzene rings is 3. The Kier molecular flexibility index (Phi) is 9.82. The van der Waals surface area contributed by atoms with Gasteiger partial charge in [-0.25, -0.2) is 8.42 Å². The largest absolute Gasteiger partial charge is 0.352 e. The summed E-state index contributed by atoms with van der Waals surface area (Å²) < 4.78 is 28.5. The van der Waals surface area contributed by atoms with Crippen LogP contribution in [-0.2, 0) is 26.2 Å². The van der Waals surface area contributed by atoms with Crippen LogP contribution in [0.3, 0.4) is 0 Å². The molecule has 0 aliphatic rings. The average molecular weight is 577 g/mol. The van der Waals surface area contributed by atoms with Crippen LogP contribution in [0.5, 0.6) is 0 Å². The Morgan fingerprint density at radius 1 is 0.895 bits per heavy atom. The van der Waals surface area contributed by atoms with Crippen molar-refractivity contribution in [1.29, 1.82) is 0 Å². The maximum absolute atomic E-state index is 13.9. The third-order valence-electron chi connectivity index (χ3n) is 5.82. The summed E-state index contributed by atoms with van der Waals surface area (Å²) in [5, 5.41) is 3.26. The molecule has 0 saturated heterocycles. The van der Waals surface area contributed by atoms with Crippen molar-refractivity contribution < 1.29 is 18.0 Å². The van der Waals surface area contributed by atoms with Crippen molar-refractivity contribution in [1.82, 2.24) is 10.2 Å². The van der Waals surface area contributed by atoms with Crippen molar-refractivity contribution in [2.75, 3.05) is 10.8 Å². The van der Waals surface area contributed by atoms with Gasteiger partial charge >= 0.3 is 0 Å². The number of amides is 2. The van der Waals surface area contributed by atoms with Crippen molar-refractivity contribution in [3.8, 4) is 0 Å². The number of nitrogens with one attached hydrogen (secondary N) is 1. The molecule has 0 heterocycles. The van der Waals surface area contributed by atoms with Gasteiger partial charge in [0.05, 0.1) is 10.6 Å². The van der Waals surface area contributed by atoms with Gasteiger partial charge in [-0.05, 0) is 63.6 Å². The van der Waals surface area contributed by atoms with E-state index in [-0.39, 0.29) is 39.1 Å². The molecule has 0 saturated carbocycles. The summed E-state index contributed by atoms with van der Waals surface area (Å²) in [6.07, 6.45) is 0. The van der Waals surface area contributed by atoms with Crippen molar-refractivity contribution in [3.63, 3.8) is 0 Å². The van der Waals surface area contributed by atoms with E-state index >= 15 is 0 Å². The summed E-state index contributed by atoms with van der Waals surface area (Å²) >= 11 is 12.4. The van der Waals surface area contributed by atoms with E-state index in [1.54, 1.807) is 25.1 Å². The highest BCUT2D eigenvalue weighted by Crippen LogP contribution is 2.30. The summed E-state index contributed by atoms with van der Waals surface area (Å²) in [4.78, 5) is 28.2. The maximum atomic E-state index is 13.9. The monoisotopic (exact) mass is 575 g/mol. The van der Waals surface area contributed by atoms with Crippen LogP contribution in [0.4, 0.5) is 5.69 Å². The van der Waals surface area contributed by atoms with Gasteiger partial charge in [-0.2, -0.15) is 0 Å². The minimum Gasteiger partial charge on any atom is -0.352 e. The van der Waals surface area contributed by atoms with Gasteiger partial charge in [0.25, 0.3) is 10.0 Å². The standard InChI is InChI=1S/C28H31Cl2N3O4S/c1-19(2)31-28(35)21(4)32(17-22-12-10-20(3)11-13-22)27(34)18-33(25-15-23(29)14-24(30)16-25)38(36,37)26-8-6-5-7-9-26/h5-16,19,21H,17-18H2,1-4H3,(H,31,35)/t21-/m1/s1. The van der Waals surface area contributed by atoms with Gasteiger partial charge in [-0.15, -0.1) is 0 Å². The minimum atomic E-state index is -4.19. The van der Waals surface area contributed by atoms with E-state index in [0.717, 1.165) is 15.4 Å². The molecule has 0 fully saturated rings. The van der Waals surface area contributed by atoms with E-state index in [1.165, 1.54) is 35.2 Å². The predicted molar refractivity (Wildman–Crippen MR) is 152 cm³/mol. The number of aryl methyl sites for hydroxylation is 1. The third-order valence-corrected chi connectivity index (χ3v) is 8.04. The first-order valence-electron chi connectivity index (χ1n) is 12.1. The summed E-state index contributed by atoms with van der Waals surface area (Å²) in [6.45, 7) is 6.77. The highest BCUT2D eigenvalue weighted by atomic mass is 35.5. The predicted octanol–water partition coefficient (Wildman–Crippen LogP) is 5.44. The summed E-state index contributed by atoms with van der Waals surface area (Å²) in [5.41, 5.74) is 1.99. The molecule has 3 aromatic carbocycles. The molecule has 0 unspecified atom stereocenters. The molecule has 10 heteroatoms.